The van der Waals surface area contributed by atoms with Gasteiger partial charge in [0.15, 0.2) is 0 Å². The van der Waals surface area contributed by atoms with E-state index in [1.165, 1.54) is 0 Å². The zero-order chi connectivity index (χ0) is 12.8. The number of aromatic nitrogens is 3. The molecule has 1 N–H and O–H groups in total. The van der Waals surface area contributed by atoms with Crippen molar-refractivity contribution in [3.05, 3.63) is 48.0 Å². The number of hydrogen-bond donors (Lipinski definition) is 1. The molecule has 18 heavy (non-hydrogen) atoms. The van der Waals surface area contributed by atoms with Crippen LogP contribution in [0.5, 0.6) is 0 Å². The normalized spacial score (nSPS) is 12.6. The minimum absolute atomic E-state index is 0.276. The molecule has 0 spiro atoms. The number of aliphatic hydroxyl groups excluding tert-OH is 1. The quantitative estimate of drug-likeness (QED) is 0.843. The van der Waals surface area contributed by atoms with E-state index in [9.17, 15) is 5.11 Å². The highest BCUT2D eigenvalue weighted by molar-refractivity contribution is 5.04. The van der Waals surface area contributed by atoms with E-state index in [1.807, 2.05) is 36.0 Å². The molecule has 0 saturated heterocycles. The SMILES string of the molecule is Cn1nccc1CCC(O)CCc1ccccn1. The molecule has 2 aromatic rings. The third kappa shape index (κ3) is 3.67. The summed E-state index contributed by atoms with van der Waals surface area (Å²) in [5.41, 5.74) is 2.20. The van der Waals surface area contributed by atoms with Crippen LogP contribution in [0.4, 0.5) is 0 Å². The molecule has 2 rings (SSSR count). The van der Waals surface area contributed by atoms with E-state index in [0.717, 1.165) is 37.1 Å². The molecule has 2 heterocycles. The van der Waals surface area contributed by atoms with Crippen LogP contribution in [-0.2, 0) is 19.9 Å². The number of hydrogen-bond acceptors (Lipinski definition) is 3. The van der Waals surface area contributed by atoms with Gasteiger partial charge in [-0.15, -0.1) is 0 Å². The molecule has 0 radical (unpaired) electrons. The lowest BCUT2D eigenvalue weighted by Gasteiger charge is -2.10. The van der Waals surface area contributed by atoms with Crippen molar-refractivity contribution >= 4 is 0 Å². The molecule has 4 nitrogen and oxygen atoms in total. The van der Waals surface area contributed by atoms with E-state index < -0.39 is 0 Å². The summed E-state index contributed by atoms with van der Waals surface area (Å²) in [6.45, 7) is 0. The molecule has 4 heteroatoms. The van der Waals surface area contributed by atoms with Gasteiger partial charge in [-0.1, -0.05) is 6.07 Å². The number of rotatable bonds is 6. The standard InChI is InChI=1S/C14H19N3O/c1-17-13(9-11-16-17)6-8-14(18)7-5-12-4-2-3-10-15-12/h2-4,9-11,14,18H,5-8H2,1H3. The lowest BCUT2D eigenvalue weighted by Crippen LogP contribution is -2.11. The zero-order valence-electron chi connectivity index (χ0n) is 10.7. The monoisotopic (exact) mass is 245 g/mol. The van der Waals surface area contributed by atoms with Crippen LogP contribution in [0, 0.1) is 0 Å². The lowest BCUT2D eigenvalue weighted by molar-refractivity contribution is 0.154. The lowest BCUT2D eigenvalue weighted by atomic mass is 10.1. The van der Waals surface area contributed by atoms with E-state index in [4.69, 9.17) is 0 Å². The van der Waals surface area contributed by atoms with E-state index in [1.54, 1.807) is 12.4 Å². The van der Waals surface area contributed by atoms with Gasteiger partial charge < -0.3 is 5.11 Å². The molecule has 0 fully saturated rings. The van der Waals surface area contributed by atoms with Gasteiger partial charge in [0.05, 0.1) is 6.10 Å². The Balaban J connectivity index is 1.73. The van der Waals surface area contributed by atoms with E-state index in [2.05, 4.69) is 10.1 Å². The molecular formula is C14H19N3O. The molecule has 0 aliphatic carbocycles. The third-order valence-electron chi connectivity index (χ3n) is 3.12. The van der Waals surface area contributed by atoms with Crippen molar-refractivity contribution in [1.82, 2.24) is 14.8 Å². The van der Waals surface area contributed by atoms with Gasteiger partial charge in [0.2, 0.25) is 0 Å². The highest BCUT2D eigenvalue weighted by atomic mass is 16.3. The summed E-state index contributed by atoms with van der Waals surface area (Å²) in [7, 11) is 1.93. The summed E-state index contributed by atoms with van der Waals surface area (Å²) in [6, 6.07) is 7.87. The van der Waals surface area contributed by atoms with Gasteiger partial charge in [0.25, 0.3) is 0 Å². The Morgan fingerprint density at radius 2 is 2.00 bits per heavy atom. The van der Waals surface area contributed by atoms with Gasteiger partial charge in [0, 0.05) is 30.8 Å². The zero-order valence-corrected chi connectivity index (χ0v) is 10.7. The average Bonchev–Trinajstić information content (AvgIpc) is 2.81. The average molecular weight is 245 g/mol. The van der Waals surface area contributed by atoms with Crippen LogP contribution in [0.3, 0.4) is 0 Å². The summed E-state index contributed by atoms with van der Waals surface area (Å²) in [6.07, 6.45) is 6.52. The van der Waals surface area contributed by atoms with Crippen molar-refractivity contribution in [1.29, 1.82) is 0 Å². The second-order valence-corrected chi connectivity index (χ2v) is 4.50. The predicted octanol–water partition coefficient (Wildman–Crippen LogP) is 1.74. The van der Waals surface area contributed by atoms with Gasteiger partial charge in [-0.2, -0.15) is 5.10 Å². The molecule has 0 aliphatic heterocycles. The van der Waals surface area contributed by atoms with Crippen LogP contribution in [0.15, 0.2) is 36.7 Å². The first-order chi connectivity index (χ1) is 8.75. The maximum atomic E-state index is 9.94. The topological polar surface area (TPSA) is 50.9 Å². The van der Waals surface area contributed by atoms with E-state index in [-0.39, 0.29) is 6.10 Å². The summed E-state index contributed by atoms with van der Waals surface area (Å²) >= 11 is 0. The van der Waals surface area contributed by atoms with Gasteiger partial charge in [-0.3, -0.25) is 9.67 Å². The fraction of sp³-hybridized carbons (Fsp3) is 0.429. The van der Waals surface area contributed by atoms with Crippen molar-refractivity contribution in [2.45, 2.75) is 31.8 Å². The van der Waals surface area contributed by atoms with Gasteiger partial charge in [-0.25, -0.2) is 0 Å². The Kier molecular flexibility index (Phi) is 4.47. The highest BCUT2D eigenvalue weighted by Gasteiger charge is 2.07. The van der Waals surface area contributed by atoms with Crippen LogP contribution < -0.4 is 0 Å². The summed E-state index contributed by atoms with van der Waals surface area (Å²) in [4.78, 5) is 4.25. The van der Waals surface area contributed by atoms with Crippen LogP contribution in [-0.4, -0.2) is 26.0 Å². The molecule has 0 saturated carbocycles. The van der Waals surface area contributed by atoms with E-state index in [0.29, 0.717) is 0 Å². The van der Waals surface area contributed by atoms with Crippen molar-refractivity contribution < 1.29 is 5.11 Å². The molecule has 1 unspecified atom stereocenters. The van der Waals surface area contributed by atoms with Crippen LogP contribution in [0.1, 0.15) is 24.2 Å². The Morgan fingerprint density at radius 1 is 1.17 bits per heavy atom. The van der Waals surface area contributed by atoms with Crippen LogP contribution in [0.2, 0.25) is 0 Å². The summed E-state index contributed by atoms with van der Waals surface area (Å²) in [5.74, 6) is 0. The Morgan fingerprint density at radius 3 is 2.67 bits per heavy atom. The fourth-order valence-electron chi connectivity index (χ4n) is 1.97. The minimum atomic E-state index is -0.276. The first-order valence-electron chi connectivity index (χ1n) is 6.30. The number of aryl methyl sites for hydroxylation is 3. The van der Waals surface area contributed by atoms with Crippen LogP contribution >= 0.6 is 0 Å². The molecule has 96 valence electrons. The number of nitrogens with zero attached hydrogens (tertiary/aromatic N) is 3. The largest absolute Gasteiger partial charge is 0.393 e. The second-order valence-electron chi connectivity index (χ2n) is 4.50. The van der Waals surface area contributed by atoms with Crippen LogP contribution in [0.25, 0.3) is 0 Å². The fourth-order valence-corrected chi connectivity index (χ4v) is 1.97. The maximum Gasteiger partial charge on any atom is 0.0547 e. The number of aliphatic hydroxyl groups is 1. The predicted molar refractivity (Wildman–Crippen MR) is 70.1 cm³/mol. The molecular weight excluding hydrogens is 226 g/mol. The summed E-state index contributed by atoms with van der Waals surface area (Å²) < 4.78 is 1.85. The van der Waals surface area contributed by atoms with E-state index >= 15 is 0 Å². The Bertz CT molecular complexity index is 467. The minimum Gasteiger partial charge on any atom is -0.393 e. The van der Waals surface area contributed by atoms with Crippen molar-refractivity contribution in [2.75, 3.05) is 0 Å². The molecule has 2 aromatic heterocycles. The first-order valence-corrected chi connectivity index (χ1v) is 6.30. The number of pyridine rings is 1. The molecule has 0 amide bonds. The van der Waals surface area contributed by atoms with Gasteiger partial charge >= 0.3 is 0 Å². The van der Waals surface area contributed by atoms with Crippen molar-refractivity contribution in [2.24, 2.45) is 7.05 Å². The summed E-state index contributed by atoms with van der Waals surface area (Å²) in [5, 5.41) is 14.1. The Hall–Kier alpha value is -1.68. The third-order valence-corrected chi connectivity index (χ3v) is 3.12. The van der Waals surface area contributed by atoms with Crippen molar-refractivity contribution in [3.8, 4) is 0 Å². The highest BCUT2D eigenvalue weighted by Crippen LogP contribution is 2.09. The smallest absolute Gasteiger partial charge is 0.0547 e. The molecule has 1 atom stereocenters. The molecule has 0 aromatic carbocycles. The first kappa shape index (κ1) is 12.8. The Labute approximate surface area is 107 Å². The van der Waals surface area contributed by atoms with Crippen molar-refractivity contribution in [3.63, 3.8) is 0 Å². The van der Waals surface area contributed by atoms with Gasteiger partial charge in [-0.05, 0) is 43.9 Å². The second kappa shape index (κ2) is 6.31. The molecule has 0 bridgehead atoms. The van der Waals surface area contributed by atoms with Gasteiger partial charge in [0.1, 0.15) is 0 Å². The molecule has 0 aliphatic rings. The maximum absolute atomic E-state index is 9.94.